The number of rotatable bonds is 3. The summed E-state index contributed by atoms with van der Waals surface area (Å²) in [5.41, 5.74) is 0.723. The highest BCUT2D eigenvalue weighted by Crippen LogP contribution is 2.18. The first-order chi connectivity index (χ1) is 10.1. The molecule has 0 aliphatic carbocycles. The Labute approximate surface area is 125 Å². The van der Waals surface area contributed by atoms with E-state index in [4.69, 9.17) is 16.6 Å². The fourth-order valence-corrected chi connectivity index (χ4v) is 2.29. The number of hydrogen-bond donors (Lipinski definition) is 1. The molecular weight excluding hydrogens is 291 g/mol. The van der Waals surface area contributed by atoms with E-state index < -0.39 is 0 Å². The molecule has 0 bridgehead atoms. The van der Waals surface area contributed by atoms with Crippen LogP contribution in [0.5, 0.6) is 0 Å². The minimum Gasteiger partial charge on any atom is -0.465 e. The fraction of sp³-hybridized carbons (Fsp3) is 0.0667. The average molecular weight is 302 g/mol. The summed E-state index contributed by atoms with van der Waals surface area (Å²) in [5.74, 6) is -0.127. The van der Waals surface area contributed by atoms with Crippen LogP contribution in [0, 0.1) is 5.82 Å². The van der Waals surface area contributed by atoms with Crippen LogP contribution in [0.15, 0.2) is 52.8 Å². The summed E-state index contributed by atoms with van der Waals surface area (Å²) in [4.78, 5) is 13.6. The van der Waals surface area contributed by atoms with Gasteiger partial charge in [0.05, 0.1) is 12.8 Å². The Hall–Kier alpha value is -2.47. The lowest BCUT2D eigenvalue weighted by Gasteiger charge is -2.14. The van der Waals surface area contributed by atoms with E-state index in [9.17, 15) is 9.18 Å². The lowest BCUT2D eigenvalue weighted by atomic mass is 10.2. The molecule has 2 aromatic rings. The number of benzene rings is 1. The van der Waals surface area contributed by atoms with Crippen LogP contribution < -0.4 is 5.32 Å². The summed E-state index contributed by atoms with van der Waals surface area (Å²) in [6.45, 7) is 0.0901. The van der Waals surface area contributed by atoms with Gasteiger partial charge in [-0.2, -0.15) is 0 Å². The topological polar surface area (TPSA) is 45.5 Å². The van der Waals surface area contributed by atoms with Crippen molar-refractivity contribution in [1.82, 2.24) is 10.2 Å². The van der Waals surface area contributed by atoms with Crippen molar-refractivity contribution in [3.63, 3.8) is 0 Å². The highest BCUT2D eigenvalue weighted by atomic mass is 32.1. The lowest BCUT2D eigenvalue weighted by molar-refractivity contribution is -0.122. The average Bonchev–Trinajstić information content (AvgIpc) is 3.05. The molecule has 1 aromatic carbocycles. The number of amides is 1. The minimum absolute atomic E-state index is 0.0901. The first-order valence-corrected chi connectivity index (χ1v) is 6.67. The van der Waals surface area contributed by atoms with Gasteiger partial charge in [-0.1, -0.05) is 18.2 Å². The van der Waals surface area contributed by atoms with E-state index in [1.54, 1.807) is 36.4 Å². The zero-order valence-corrected chi connectivity index (χ0v) is 11.7. The number of nitrogens with one attached hydrogen (secondary N) is 1. The highest BCUT2D eigenvalue weighted by molar-refractivity contribution is 7.80. The zero-order chi connectivity index (χ0) is 14.8. The molecule has 1 saturated heterocycles. The fourth-order valence-electron chi connectivity index (χ4n) is 2.03. The van der Waals surface area contributed by atoms with Gasteiger partial charge in [0.2, 0.25) is 0 Å². The molecule has 0 atom stereocenters. The van der Waals surface area contributed by atoms with E-state index in [2.05, 4.69) is 5.32 Å². The van der Waals surface area contributed by atoms with E-state index in [0.29, 0.717) is 17.0 Å². The summed E-state index contributed by atoms with van der Waals surface area (Å²) in [6, 6.07) is 9.75. The second-order valence-electron chi connectivity index (χ2n) is 4.49. The van der Waals surface area contributed by atoms with Crippen molar-refractivity contribution in [2.24, 2.45) is 0 Å². The quantitative estimate of drug-likeness (QED) is 0.699. The van der Waals surface area contributed by atoms with Crippen LogP contribution in [0.1, 0.15) is 11.3 Å². The highest BCUT2D eigenvalue weighted by Gasteiger charge is 2.31. The molecule has 1 aromatic heterocycles. The van der Waals surface area contributed by atoms with Crippen LogP contribution in [-0.2, 0) is 11.3 Å². The Bertz CT molecular complexity index is 725. The van der Waals surface area contributed by atoms with Crippen molar-refractivity contribution < 1.29 is 13.6 Å². The van der Waals surface area contributed by atoms with Gasteiger partial charge in [-0.05, 0) is 30.4 Å². The van der Waals surface area contributed by atoms with Gasteiger partial charge >= 0.3 is 0 Å². The van der Waals surface area contributed by atoms with Gasteiger partial charge in [0.25, 0.3) is 5.91 Å². The van der Waals surface area contributed by atoms with Gasteiger partial charge in [0.1, 0.15) is 17.3 Å². The van der Waals surface area contributed by atoms with Crippen LogP contribution >= 0.6 is 12.2 Å². The molecule has 3 rings (SSSR count). The third-order valence-electron chi connectivity index (χ3n) is 3.08. The Morgan fingerprint density at radius 1 is 1.29 bits per heavy atom. The van der Waals surface area contributed by atoms with E-state index >= 15 is 0 Å². The number of carbonyl (C=O) groups excluding carboxylic acids is 1. The molecule has 21 heavy (non-hydrogen) atoms. The van der Waals surface area contributed by atoms with Gasteiger partial charge in [0, 0.05) is 11.6 Å². The van der Waals surface area contributed by atoms with Gasteiger partial charge in [0.15, 0.2) is 5.11 Å². The second-order valence-corrected chi connectivity index (χ2v) is 4.87. The lowest BCUT2D eigenvalue weighted by Crippen LogP contribution is -2.30. The van der Waals surface area contributed by atoms with Crippen LogP contribution in [-0.4, -0.2) is 15.9 Å². The summed E-state index contributed by atoms with van der Waals surface area (Å²) in [5, 5.41) is 3.07. The van der Waals surface area contributed by atoms with Crippen LogP contribution in [0.25, 0.3) is 6.08 Å². The van der Waals surface area contributed by atoms with Gasteiger partial charge in [-0.25, -0.2) is 4.39 Å². The molecule has 1 aliphatic heterocycles. The molecule has 4 nitrogen and oxygen atoms in total. The SMILES string of the molecule is O=C1/C(=C/c2ccco2)NC(=S)N1Cc1ccccc1F. The number of thiocarbonyl (C=S) groups is 1. The molecule has 0 unspecified atom stereocenters. The standard InChI is InChI=1S/C15H11FN2O2S/c16-12-6-2-1-4-10(12)9-18-14(19)13(17-15(18)21)8-11-5-3-7-20-11/h1-8H,9H2,(H,17,21)/b13-8-. The smallest absolute Gasteiger partial charge is 0.276 e. The second kappa shape index (κ2) is 5.49. The van der Waals surface area contributed by atoms with Crippen LogP contribution in [0.4, 0.5) is 4.39 Å². The predicted molar refractivity (Wildman–Crippen MR) is 79.4 cm³/mol. The molecule has 6 heteroatoms. The molecule has 1 fully saturated rings. The Kier molecular flexibility index (Phi) is 3.53. The number of carbonyl (C=O) groups is 1. The number of hydrogen-bond acceptors (Lipinski definition) is 3. The Morgan fingerprint density at radius 2 is 2.10 bits per heavy atom. The number of furan rings is 1. The molecular formula is C15H11FN2O2S. The maximum absolute atomic E-state index is 13.7. The van der Waals surface area contributed by atoms with Gasteiger partial charge < -0.3 is 9.73 Å². The normalized spacial score (nSPS) is 16.6. The van der Waals surface area contributed by atoms with Gasteiger partial charge in [-0.3, -0.25) is 9.69 Å². The first-order valence-electron chi connectivity index (χ1n) is 6.26. The third kappa shape index (κ3) is 2.71. The van der Waals surface area contributed by atoms with Crippen molar-refractivity contribution >= 4 is 29.3 Å². The van der Waals surface area contributed by atoms with Crippen LogP contribution in [0.3, 0.4) is 0 Å². The number of halogens is 1. The Balaban J connectivity index is 1.83. The van der Waals surface area contributed by atoms with E-state index in [1.165, 1.54) is 17.2 Å². The third-order valence-corrected chi connectivity index (χ3v) is 3.40. The molecule has 0 saturated carbocycles. The molecule has 1 aliphatic rings. The first kappa shape index (κ1) is 13.5. The Morgan fingerprint density at radius 3 is 2.81 bits per heavy atom. The van der Waals surface area contributed by atoms with E-state index in [1.807, 2.05) is 0 Å². The van der Waals surface area contributed by atoms with Crippen molar-refractivity contribution in [3.05, 3.63) is 65.5 Å². The molecule has 0 radical (unpaired) electrons. The summed E-state index contributed by atoms with van der Waals surface area (Å²) >= 11 is 5.13. The predicted octanol–water partition coefficient (Wildman–Crippen LogP) is 2.68. The molecule has 2 heterocycles. The molecule has 1 amide bonds. The van der Waals surface area contributed by atoms with E-state index in [-0.39, 0.29) is 23.4 Å². The van der Waals surface area contributed by atoms with Crippen molar-refractivity contribution in [3.8, 4) is 0 Å². The van der Waals surface area contributed by atoms with E-state index in [0.717, 1.165) is 0 Å². The van der Waals surface area contributed by atoms with Crippen molar-refractivity contribution in [2.75, 3.05) is 0 Å². The summed E-state index contributed by atoms with van der Waals surface area (Å²) in [6.07, 6.45) is 3.08. The monoisotopic (exact) mass is 302 g/mol. The van der Waals surface area contributed by atoms with Crippen molar-refractivity contribution in [2.45, 2.75) is 6.54 Å². The zero-order valence-electron chi connectivity index (χ0n) is 10.9. The molecule has 1 N–H and O–H groups in total. The summed E-state index contributed by atoms with van der Waals surface area (Å²) < 4.78 is 18.8. The largest absolute Gasteiger partial charge is 0.465 e. The minimum atomic E-state index is -0.364. The summed E-state index contributed by atoms with van der Waals surface area (Å²) in [7, 11) is 0. The van der Waals surface area contributed by atoms with Crippen LogP contribution in [0.2, 0.25) is 0 Å². The maximum Gasteiger partial charge on any atom is 0.276 e. The number of nitrogens with zero attached hydrogens (tertiary/aromatic N) is 1. The molecule has 0 spiro atoms. The van der Waals surface area contributed by atoms with Gasteiger partial charge in [-0.15, -0.1) is 0 Å². The van der Waals surface area contributed by atoms with Crippen molar-refractivity contribution in [1.29, 1.82) is 0 Å². The molecule has 106 valence electrons. The maximum atomic E-state index is 13.7.